The Morgan fingerprint density at radius 1 is 1.21 bits per heavy atom. The van der Waals surface area contributed by atoms with Crippen molar-refractivity contribution in [2.24, 2.45) is 0 Å². The minimum Gasteiger partial charge on any atom is -0.490 e. The molecule has 1 amide bonds. The Hall–Kier alpha value is -2.31. The van der Waals surface area contributed by atoms with E-state index in [0.29, 0.717) is 11.4 Å². The van der Waals surface area contributed by atoms with Crippen molar-refractivity contribution in [2.75, 3.05) is 6.61 Å². The molecule has 2 heterocycles. The first-order chi connectivity index (χ1) is 13.6. The molecule has 4 rings (SSSR count). The minimum absolute atomic E-state index is 0.0499. The molecule has 0 bridgehead atoms. The number of nitrogens with zero attached hydrogens (tertiary/aromatic N) is 1. The van der Waals surface area contributed by atoms with Crippen LogP contribution in [0.5, 0.6) is 5.75 Å². The summed E-state index contributed by atoms with van der Waals surface area (Å²) in [7, 11) is 0. The van der Waals surface area contributed by atoms with Gasteiger partial charge in [0.1, 0.15) is 18.5 Å². The summed E-state index contributed by atoms with van der Waals surface area (Å²) in [5.74, 6) is 0.710. The van der Waals surface area contributed by atoms with Crippen LogP contribution >= 0.6 is 11.8 Å². The van der Waals surface area contributed by atoms with Gasteiger partial charge in [-0.05, 0) is 60.6 Å². The van der Waals surface area contributed by atoms with Gasteiger partial charge in [0.25, 0.3) is 5.24 Å². The van der Waals surface area contributed by atoms with Gasteiger partial charge in [-0.15, -0.1) is 0 Å². The lowest BCUT2D eigenvalue weighted by Gasteiger charge is -2.13. The largest absolute Gasteiger partial charge is 0.490 e. The number of aliphatic hydroxyl groups is 1. The maximum absolute atomic E-state index is 11.7. The molecule has 28 heavy (non-hydrogen) atoms. The summed E-state index contributed by atoms with van der Waals surface area (Å²) in [6.45, 7) is 2.23. The molecule has 2 N–H and O–H groups in total. The van der Waals surface area contributed by atoms with E-state index in [-0.39, 0.29) is 17.1 Å². The number of pyridine rings is 1. The molecule has 2 atom stereocenters. The minimum atomic E-state index is -0.759. The highest BCUT2D eigenvalue weighted by molar-refractivity contribution is 8.14. The molecule has 1 aliphatic carbocycles. The zero-order chi connectivity index (χ0) is 19.5. The van der Waals surface area contributed by atoms with Crippen LogP contribution in [0.2, 0.25) is 0 Å². The number of thioether (sulfide) groups is 1. The standard InChI is InChI=1S/C22H24N2O3S/c1-2-14-5-10-18(23-12-14)19(25)13-27-17-8-3-15(4-9-17)11-20-21(16-6-7-16)24-22(26)28-20/h3-5,8-10,12,19-20,25H,2,6-7,11,13H2,1H3,(H,24,26)/t19-,20?/m1/s1. The van der Waals surface area contributed by atoms with Gasteiger partial charge in [-0.1, -0.05) is 36.9 Å². The maximum Gasteiger partial charge on any atom is 0.283 e. The van der Waals surface area contributed by atoms with Gasteiger partial charge in [0, 0.05) is 11.9 Å². The number of allylic oxidation sites excluding steroid dienone is 1. The molecule has 1 aromatic heterocycles. The average molecular weight is 397 g/mol. The van der Waals surface area contributed by atoms with Crippen molar-refractivity contribution < 1.29 is 14.6 Å². The van der Waals surface area contributed by atoms with Crippen LogP contribution < -0.4 is 10.1 Å². The molecular weight excluding hydrogens is 372 g/mol. The first-order valence-corrected chi connectivity index (χ1v) is 10.5. The molecule has 0 radical (unpaired) electrons. The second-order valence-corrected chi connectivity index (χ2v) is 8.33. The number of rotatable bonds is 7. The fourth-order valence-corrected chi connectivity index (χ4v) is 4.28. The summed E-state index contributed by atoms with van der Waals surface area (Å²) < 4.78 is 5.72. The van der Waals surface area contributed by atoms with Crippen LogP contribution in [0.25, 0.3) is 0 Å². The summed E-state index contributed by atoms with van der Waals surface area (Å²) in [4.78, 5) is 16.0. The van der Waals surface area contributed by atoms with E-state index >= 15 is 0 Å². The highest BCUT2D eigenvalue weighted by Crippen LogP contribution is 2.39. The number of hydrogen-bond acceptors (Lipinski definition) is 5. The van der Waals surface area contributed by atoms with Crippen molar-refractivity contribution in [1.82, 2.24) is 10.3 Å². The maximum atomic E-state index is 11.7. The van der Waals surface area contributed by atoms with Crippen LogP contribution in [0.4, 0.5) is 4.79 Å². The number of aromatic nitrogens is 1. The monoisotopic (exact) mass is 396 g/mol. The molecule has 2 fully saturated rings. The van der Waals surface area contributed by atoms with E-state index < -0.39 is 6.10 Å². The number of aliphatic hydroxyl groups excluding tert-OH is 1. The molecule has 146 valence electrons. The Bertz CT molecular complexity index is 872. The summed E-state index contributed by atoms with van der Waals surface area (Å²) in [5.41, 5.74) is 5.44. The van der Waals surface area contributed by atoms with E-state index in [1.54, 1.807) is 6.20 Å². The Morgan fingerprint density at radius 3 is 2.61 bits per heavy atom. The highest BCUT2D eigenvalue weighted by Gasteiger charge is 2.33. The van der Waals surface area contributed by atoms with Crippen molar-refractivity contribution in [2.45, 2.75) is 44.0 Å². The Morgan fingerprint density at radius 2 is 1.96 bits per heavy atom. The summed E-state index contributed by atoms with van der Waals surface area (Å²) in [5, 5.41) is 13.5. The molecule has 6 heteroatoms. The molecule has 0 spiro atoms. The van der Waals surface area contributed by atoms with Gasteiger partial charge in [0.15, 0.2) is 0 Å². The molecule has 1 aliphatic heterocycles. The Kier molecular flexibility index (Phi) is 5.69. The van der Waals surface area contributed by atoms with E-state index in [1.165, 1.54) is 17.3 Å². The quantitative estimate of drug-likeness (QED) is 0.735. The topological polar surface area (TPSA) is 71.5 Å². The zero-order valence-electron chi connectivity index (χ0n) is 15.9. The number of ether oxygens (including phenoxy) is 1. The van der Waals surface area contributed by atoms with E-state index in [2.05, 4.69) is 17.2 Å². The first kappa shape index (κ1) is 19.0. The molecule has 5 nitrogen and oxygen atoms in total. The summed E-state index contributed by atoms with van der Waals surface area (Å²) in [6.07, 6.45) is 4.99. The van der Waals surface area contributed by atoms with Crippen molar-refractivity contribution >= 4 is 17.0 Å². The average Bonchev–Trinajstić information content (AvgIpc) is 3.50. The van der Waals surface area contributed by atoms with Crippen LogP contribution in [0.1, 0.15) is 42.7 Å². The van der Waals surface area contributed by atoms with Crippen molar-refractivity contribution in [1.29, 1.82) is 0 Å². The molecule has 2 aliphatic rings. The Labute approximate surface area is 169 Å². The fourth-order valence-electron chi connectivity index (χ4n) is 3.24. The third-order valence-electron chi connectivity index (χ3n) is 5.04. The number of amides is 1. The van der Waals surface area contributed by atoms with Crippen LogP contribution in [-0.2, 0) is 12.8 Å². The van der Waals surface area contributed by atoms with E-state index in [1.807, 2.05) is 36.4 Å². The van der Waals surface area contributed by atoms with E-state index in [9.17, 15) is 9.90 Å². The lowest BCUT2D eigenvalue weighted by Crippen LogP contribution is -2.14. The SMILES string of the molecule is CCc1ccc([C@H](O)COc2ccc(CC3SC(=O)NC3=C3CC3)cc2)nc1. The summed E-state index contributed by atoms with van der Waals surface area (Å²) in [6, 6.07) is 11.7. The second kappa shape index (κ2) is 8.37. The highest BCUT2D eigenvalue weighted by atomic mass is 32.2. The number of aryl methyl sites for hydroxylation is 1. The van der Waals surface area contributed by atoms with E-state index in [0.717, 1.165) is 42.5 Å². The molecule has 1 unspecified atom stereocenters. The van der Waals surface area contributed by atoms with Gasteiger partial charge in [-0.3, -0.25) is 9.78 Å². The molecule has 2 aromatic rings. The smallest absolute Gasteiger partial charge is 0.283 e. The Balaban J connectivity index is 1.32. The molecule has 1 saturated heterocycles. The number of nitrogens with one attached hydrogen (secondary N) is 1. The lowest BCUT2D eigenvalue weighted by molar-refractivity contribution is 0.104. The number of benzene rings is 1. The molecule has 1 saturated carbocycles. The predicted octanol–water partition coefficient (Wildman–Crippen LogP) is 4.17. The third kappa shape index (κ3) is 4.56. The van der Waals surface area contributed by atoms with Crippen molar-refractivity contribution in [3.8, 4) is 5.75 Å². The van der Waals surface area contributed by atoms with Gasteiger partial charge in [0.2, 0.25) is 0 Å². The molecule has 1 aromatic carbocycles. The second-order valence-electron chi connectivity index (χ2n) is 7.16. The van der Waals surface area contributed by atoms with Gasteiger partial charge in [-0.25, -0.2) is 0 Å². The van der Waals surface area contributed by atoms with Crippen LogP contribution in [-0.4, -0.2) is 27.2 Å². The van der Waals surface area contributed by atoms with Crippen LogP contribution in [0.15, 0.2) is 53.9 Å². The number of hydrogen-bond donors (Lipinski definition) is 2. The lowest BCUT2D eigenvalue weighted by atomic mass is 10.1. The van der Waals surface area contributed by atoms with Crippen LogP contribution in [0.3, 0.4) is 0 Å². The normalized spacial score (nSPS) is 19.5. The zero-order valence-corrected chi connectivity index (χ0v) is 16.7. The third-order valence-corrected chi connectivity index (χ3v) is 6.04. The van der Waals surface area contributed by atoms with E-state index in [4.69, 9.17) is 4.74 Å². The van der Waals surface area contributed by atoms with Gasteiger partial charge in [-0.2, -0.15) is 0 Å². The van der Waals surface area contributed by atoms with Crippen LogP contribution in [0, 0.1) is 0 Å². The van der Waals surface area contributed by atoms with Gasteiger partial charge >= 0.3 is 0 Å². The fraction of sp³-hybridized carbons (Fsp3) is 0.364. The van der Waals surface area contributed by atoms with Gasteiger partial charge in [0.05, 0.1) is 10.9 Å². The number of carbonyl (C=O) groups excluding carboxylic acids is 1. The molecular formula is C22H24N2O3S. The summed E-state index contributed by atoms with van der Waals surface area (Å²) >= 11 is 1.38. The number of carbonyl (C=O) groups is 1. The van der Waals surface area contributed by atoms with Gasteiger partial charge < -0.3 is 15.2 Å². The van der Waals surface area contributed by atoms with Crippen molar-refractivity contribution in [3.63, 3.8) is 0 Å². The predicted molar refractivity (Wildman–Crippen MR) is 110 cm³/mol. The van der Waals surface area contributed by atoms with Crippen molar-refractivity contribution in [3.05, 3.63) is 70.7 Å². The first-order valence-electron chi connectivity index (χ1n) is 9.66.